The lowest BCUT2D eigenvalue weighted by molar-refractivity contribution is -0.120. The van der Waals surface area contributed by atoms with Gasteiger partial charge in [0.1, 0.15) is 6.61 Å². The van der Waals surface area contributed by atoms with Crippen molar-refractivity contribution in [3.63, 3.8) is 0 Å². The van der Waals surface area contributed by atoms with E-state index in [0.29, 0.717) is 13.0 Å². The molecule has 0 rings (SSSR count). The Balaban J connectivity index is 3.64. The van der Waals surface area contributed by atoms with E-state index in [1.807, 2.05) is 25.9 Å². The summed E-state index contributed by atoms with van der Waals surface area (Å²) in [6, 6.07) is 0. The summed E-state index contributed by atoms with van der Waals surface area (Å²) < 4.78 is 0. The molecule has 0 aliphatic carbocycles. The number of likely N-dealkylation sites (N-methyl/N-ethyl adjacent to an activating group) is 1. The second-order valence-electron chi connectivity index (χ2n) is 4.38. The van der Waals surface area contributed by atoms with Crippen LogP contribution in [0, 0.1) is 5.92 Å². The van der Waals surface area contributed by atoms with Gasteiger partial charge in [-0.05, 0) is 26.4 Å². The van der Waals surface area contributed by atoms with Gasteiger partial charge in [-0.25, -0.2) is 0 Å². The van der Waals surface area contributed by atoms with Crippen molar-refractivity contribution in [3.05, 3.63) is 0 Å². The number of amides is 1. The van der Waals surface area contributed by atoms with Gasteiger partial charge in [-0.2, -0.15) is 0 Å². The maximum atomic E-state index is 10.6. The largest absolute Gasteiger partial charge is 0.395 e. The van der Waals surface area contributed by atoms with E-state index in [1.54, 1.807) is 6.21 Å². The number of carbonyl (C=O) groups is 1. The molecule has 0 saturated carbocycles. The van der Waals surface area contributed by atoms with E-state index >= 15 is 0 Å². The number of oxime groups is 1. The molecule has 0 spiro atoms. The van der Waals surface area contributed by atoms with Crippen LogP contribution in [0.1, 0.15) is 19.8 Å². The second kappa shape index (κ2) is 8.95. The summed E-state index contributed by atoms with van der Waals surface area (Å²) in [6.07, 6.45) is 1.41. The highest BCUT2D eigenvalue weighted by Gasteiger charge is 2.15. The highest BCUT2D eigenvalue weighted by molar-refractivity contribution is 5.74. The summed E-state index contributed by atoms with van der Waals surface area (Å²) in [5, 5.41) is 13.3. The molecule has 0 aromatic carbocycles. The molecule has 6 nitrogen and oxygen atoms in total. The molecule has 1 amide bonds. The second-order valence-corrected chi connectivity index (χ2v) is 4.38. The maximum Gasteiger partial charge on any atom is 0.220 e. The van der Waals surface area contributed by atoms with Crippen LogP contribution in [-0.2, 0) is 9.63 Å². The molecule has 17 heavy (non-hydrogen) atoms. The summed E-state index contributed by atoms with van der Waals surface area (Å²) in [6.45, 7) is 3.17. The molecular formula is C11H23N3O3. The molecule has 0 saturated heterocycles. The summed E-state index contributed by atoms with van der Waals surface area (Å²) in [5.41, 5.74) is 4.99. The first-order valence-corrected chi connectivity index (χ1v) is 5.68. The quantitative estimate of drug-likeness (QED) is 0.335. The van der Waals surface area contributed by atoms with E-state index in [4.69, 9.17) is 10.6 Å². The fraction of sp³-hybridized carbons (Fsp3) is 0.818. The minimum Gasteiger partial charge on any atom is -0.395 e. The lowest BCUT2D eigenvalue weighted by Crippen LogP contribution is -2.25. The molecule has 6 heteroatoms. The van der Waals surface area contributed by atoms with Gasteiger partial charge in [-0.1, -0.05) is 12.1 Å². The molecule has 0 aliphatic heterocycles. The number of hydrogen-bond donors (Lipinski definition) is 2. The molecule has 0 fully saturated rings. The Bertz CT molecular complexity index is 244. The highest BCUT2D eigenvalue weighted by Crippen LogP contribution is 2.09. The Morgan fingerprint density at radius 3 is 2.76 bits per heavy atom. The van der Waals surface area contributed by atoms with Gasteiger partial charge in [-0.15, -0.1) is 0 Å². The molecule has 0 aliphatic rings. The van der Waals surface area contributed by atoms with Crippen LogP contribution < -0.4 is 5.73 Å². The number of nitrogens with zero attached hydrogens (tertiary/aromatic N) is 2. The topological polar surface area (TPSA) is 88.2 Å². The van der Waals surface area contributed by atoms with Crippen LogP contribution >= 0.6 is 0 Å². The van der Waals surface area contributed by atoms with Crippen LogP contribution in [0.3, 0.4) is 0 Å². The Morgan fingerprint density at radius 1 is 1.59 bits per heavy atom. The molecule has 0 heterocycles. The summed E-state index contributed by atoms with van der Waals surface area (Å²) >= 11 is 0. The number of rotatable bonds is 9. The van der Waals surface area contributed by atoms with Crippen LogP contribution in [0.5, 0.6) is 0 Å². The number of aliphatic hydroxyl groups excluding tert-OH is 1. The van der Waals surface area contributed by atoms with Gasteiger partial charge in [-0.3, -0.25) is 4.79 Å². The Kier molecular flexibility index (Phi) is 8.35. The monoisotopic (exact) mass is 245 g/mol. The molecule has 0 aromatic rings. The van der Waals surface area contributed by atoms with Gasteiger partial charge in [0.2, 0.25) is 5.91 Å². The third-order valence-electron chi connectivity index (χ3n) is 2.32. The first kappa shape index (κ1) is 15.9. The van der Waals surface area contributed by atoms with Gasteiger partial charge in [0, 0.05) is 12.8 Å². The normalized spacial score (nSPS) is 15.1. The molecule has 2 atom stereocenters. The smallest absolute Gasteiger partial charge is 0.220 e. The van der Waals surface area contributed by atoms with E-state index in [-0.39, 0.29) is 12.3 Å². The molecule has 3 N–H and O–H groups in total. The zero-order valence-electron chi connectivity index (χ0n) is 10.8. The van der Waals surface area contributed by atoms with Crippen LogP contribution in [0.2, 0.25) is 0 Å². The average Bonchev–Trinajstić information content (AvgIpc) is 2.21. The van der Waals surface area contributed by atoms with Crippen molar-refractivity contribution in [2.24, 2.45) is 16.8 Å². The first-order valence-electron chi connectivity index (χ1n) is 5.68. The van der Waals surface area contributed by atoms with Crippen LogP contribution in [0.15, 0.2) is 5.16 Å². The predicted octanol–water partition coefficient (Wildman–Crippen LogP) is -0.187. The average molecular weight is 245 g/mol. The standard InChI is InChI=1S/C11H23N3O3/c1-9(10(15)8-11(12)16)4-5-13-17-7-6-14(2)3/h5,9-10,15H,4,6-8H2,1-3H3,(H2,12,16)/b13-5+/t9-,10+/m1/s1. The van der Waals surface area contributed by atoms with Crippen molar-refractivity contribution in [2.45, 2.75) is 25.9 Å². The molecule has 0 radical (unpaired) electrons. The van der Waals surface area contributed by atoms with Crippen molar-refractivity contribution in [1.29, 1.82) is 0 Å². The molecule has 100 valence electrons. The van der Waals surface area contributed by atoms with Gasteiger partial charge in [0.15, 0.2) is 0 Å². The Hall–Kier alpha value is -1.14. The van der Waals surface area contributed by atoms with Gasteiger partial charge >= 0.3 is 0 Å². The van der Waals surface area contributed by atoms with Gasteiger partial charge < -0.3 is 20.6 Å². The van der Waals surface area contributed by atoms with Crippen molar-refractivity contribution >= 4 is 12.1 Å². The molecule has 0 unspecified atom stereocenters. The summed E-state index contributed by atoms with van der Waals surface area (Å²) in [7, 11) is 3.91. The van der Waals surface area contributed by atoms with Gasteiger partial charge in [0.05, 0.1) is 12.5 Å². The number of hydrogen-bond acceptors (Lipinski definition) is 5. The van der Waals surface area contributed by atoms with E-state index < -0.39 is 12.0 Å². The third-order valence-corrected chi connectivity index (χ3v) is 2.32. The molecule has 0 aromatic heterocycles. The Labute approximate surface area is 102 Å². The zero-order valence-corrected chi connectivity index (χ0v) is 10.8. The highest BCUT2D eigenvalue weighted by atomic mass is 16.6. The van der Waals surface area contributed by atoms with Gasteiger partial charge in [0.25, 0.3) is 0 Å². The fourth-order valence-electron chi connectivity index (χ4n) is 1.10. The van der Waals surface area contributed by atoms with E-state index in [1.165, 1.54) is 0 Å². The maximum absolute atomic E-state index is 10.6. The third kappa shape index (κ3) is 9.77. The zero-order chi connectivity index (χ0) is 13.3. The van der Waals surface area contributed by atoms with Crippen LogP contribution in [0.25, 0.3) is 0 Å². The van der Waals surface area contributed by atoms with Crippen molar-refractivity contribution in [1.82, 2.24) is 4.90 Å². The lowest BCUT2D eigenvalue weighted by Gasteiger charge is -2.14. The predicted molar refractivity (Wildman–Crippen MR) is 66.6 cm³/mol. The Morgan fingerprint density at radius 2 is 2.24 bits per heavy atom. The number of primary amides is 1. The van der Waals surface area contributed by atoms with Crippen LogP contribution in [0.4, 0.5) is 0 Å². The van der Waals surface area contributed by atoms with Crippen LogP contribution in [-0.4, -0.2) is 55.5 Å². The summed E-state index contributed by atoms with van der Waals surface area (Å²) in [4.78, 5) is 17.6. The van der Waals surface area contributed by atoms with E-state index in [2.05, 4.69) is 5.16 Å². The minimum atomic E-state index is -0.722. The van der Waals surface area contributed by atoms with Crippen molar-refractivity contribution < 1.29 is 14.7 Å². The SMILES string of the molecule is C[C@H](C/C=N/OCCN(C)C)[C@@H](O)CC(N)=O. The lowest BCUT2D eigenvalue weighted by atomic mass is 9.99. The number of carbonyl (C=O) groups excluding carboxylic acids is 1. The van der Waals surface area contributed by atoms with Crippen molar-refractivity contribution in [2.75, 3.05) is 27.2 Å². The fourth-order valence-corrected chi connectivity index (χ4v) is 1.10. The number of nitrogens with two attached hydrogens (primary N) is 1. The number of aliphatic hydroxyl groups is 1. The van der Waals surface area contributed by atoms with E-state index in [0.717, 1.165) is 6.54 Å². The first-order chi connectivity index (χ1) is 7.93. The summed E-state index contributed by atoms with van der Waals surface area (Å²) in [5.74, 6) is -0.563. The van der Waals surface area contributed by atoms with Crippen molar-refractivity contribution in [3.8, 4) is 0 Å². The van der Waals surface area contributed by atoms with E-state index in [9.17, 15) is 9.90 Å². The molecule has 0 bridgehead atoms. The molecular weight excluding hydrogens is 222 g/mol. The minimum absolute atomic E-state index is 0.0174.